The summed E-state index contributed by atoms with van der Waals surface area (Å²) in [6, 6.07) is 13.8. The highest BCUT2D eigenvalue weighted by molar-refractivity contribution is 7.98. The van der Waals surface area contributed by atoms with Crippen LogP contribution in [-0.4, -0.2) is 25.7 Å². The number of rotatable bonds is 11. The topological polar surface area (TPSA) is 89.8 Å². The fourth-order valence-electron chi connectivity index (χ4n) is 3.31. The van der Waals surface area contributed by atoms with Gasteiger partial charge in [0.25, 0.3) is 5.56 Å². The summed E-state index contributed by atoms with van der Waals surface area (Å²) in [6.45, 7) is 6.36. The maximum absolute atomic E-state index is 12.7. The molecule has 0 aliphatic heterocycles. The summed E-state index contributed by atoms with van der Waals surface area (Å²) >= 11 is 1.34. The van der Waals surface area contributed by atoms with Crippen molar-refractivity contribution in [3.63, 3.8) is 0 Å². The average molecular weight is 490 g/mol. The van der Waals surface area contributed by atoms with Gasteiger partial charge in [0.05, 0.1) is 5.69 Å². The van der Waals surface area contributed by atoms with E-state index in [0.717, 1.165) is 23.2 Å². The van der Waals surface area contributed by atoms with E-state index in [2.05, 4.69) is 57.7 Å². The monoisotopic (exact) mass is 489 g/mol. The number of nitrogens with zero attached hydrogens (tertiary/aromatic N) is 4. The molecule has 3 rings (SSSR count). The van der Waals surface area contributed by atoms with Crippen LogP contribution < -0.4 is 10.9 Å². The van der Waals surface area contributed by atoms with Crippen molar-refractivity contribution in [1.29, 1.82) is 0 Å². The fraction of sp³-hybridized carbons (Fsp3) is 0.296. The second-order valence-electron chi connectivity index (χ2n) is 7.80. The quantitative estimate of drug-likeness (QED) is 0.313. The minimum atomic E-state index is -0.359. The van der Waals surface area contributed by atoms with E-state index in [1.165, 1.54) is 22.0 Å². The Morgan fingerprint density at radius 1 is 1.14 bits per heavy atom. The van der Waals surface area contributed by atoms with Crippen LogP contribution in [0.4, 0.5) is 0 Å². The number of hydrogen-bond acceptors (Lipinski definition) is 6. The summed E-state index contributed by atoms with van der Waals surface area (Å²) in [5.74, 6) is 0.324. The van der Waals surface area contributed by atoms with Crippen molar-refractivity contribution in [2.45, 2.75) is 57.6 Å². The molecule has 0 saturated heterocycles. The lowest BCUT2D eigenvalue weighted by atomic mass is 10.0. The molecule has 0 bridgehead atoms. The number of amides is 1. The molecule has 0 unspecified atom stereocenters. The third-order valence-corrected chi connectivity index (χ3v) is 6.23. The summed E-state index contributed by atoms with van der Waals surface area (Å²) < 4.78 is 1.50. The molecule has 8 heteroatoms. The van der Waals surface area contributed by atoms with Gasteiger partial charge in [-0.3, -0.25) is 14.6 Å². The number of aryl methyl sites for hydroxylation is 1. The second kappa shape index (κ2) is 13.4. The lowest BCUT2D eigenvalue weighted by Crippen LogP contribution is -2.31. The first kappa shape index (κ1) is 26.1. The van der Waals surface area contributed by atoms with Crippen molar-refractivity contribution in [3.05, 3.63) is 99.8 Å². The van der Waals surface area contributed by atoms with Gasteiger partial charge in [-0.25, -0.2) is 4.68 Å². The van der Waals surface area contributed by atoms with Gasteiger partial charge < -0.3 is 5.32 Å². The molecule has 1 N–H and O–H groups in total. The number of carbonyl (C=O) groups is 1. The van der Waals surface area contributed by atoms with Crippen LogP contribution in [0.25, 0.3) is 5.57 Å². The van der Waals surface area contributed by atoms with Crippen LogP contribution in [0.15, 0.2) is 76.8 Å². The van der Waals surface area contributed by atoms with E-state index in [-0.39, 0.29) is 18.0 Å². The van der Waals surface area contributed by atoms with Crippen molar-refractivity contribution in [3.8, 4) is 0 Å². The van der Waals surface area contributed by atoms with E-state index < -0.39 is 0 Å². The lowest BCUT2D eigenvalue weighted by Gasteiger charge is -2.12. The van der Waals surface area contributed by atoms with Gasteiger partial charge in [-0.2, -0.15) is 10.1 Å². The molecule has 1 amide bonds. The van der Waals surface area contributed by atoms with Gasteiger partial charge in [0, 0.05) is 18.5 Å². The second-order valence-corrected chi connectivity index (χ2v) is 8.74. The minimum absolute atomic E-state index is 0.0204. The van der Waals surface area contributed by atoms with Crippen LogP contribution >= 0.6 is 11.8 Å². The number of aromatic nitrogens is 4. The zero-order valence-electron chi connectivity index (χ0n) is 20.4. The molecule has 1 aromatic carbocycles. The largest absolute Gasteiger partial charge is 0.350 e. The summed E-state index contributed by atoms with van der Waals surface area (Å²) in [5.41, 5.74) is 4.15. The van der Waals surface area contributed by atoms with Crippen LogP contribution in [0.1, 0.15) is 49.7 Å². The van der Waals surface area contributed by atoms with E-state index in [4.69, 9.17) is 0 Å². The third kappa shape index (κ3) is 7.75. The predicted molar refractivity (Wildman–Crippen MR) is 141 cm³/mol. The van der Waals surface area contributed by atoms with E-state index in [9.17, 15) is 9.59 Å². The number of benzene rings is 1. The molecule has 0 fully saturated rings. The summed E-state index contributed by atoms with van der Waals surface area (Å²) in [7, 11) is 0. The predicted octanol–water partition coefficient (Wildman–Crippen LogP) is 4.57. The Kier molecular flexibility index (Phi) is 9.98. The fourth-order valence-corrected chi connectivity index (χ4v) is 4.16. The van der Waals surface area contributed by atoms with Gasteiger partial charge in [-0.15, -0.1) is 0 Å². The van der Waals surface area contributed by atoms with E-state index in [1.54, 1.807) is 6.20 Å². The van der Waals surface area contributed by atoms with Crippen LogP contribution in [0.2, 0.25) is 0 Å². The molecule has 35 heavy (non-hydrogen) atoms. The first-order valence-electron chi connectivity index (χ1n) is 11.7. The Balaban J connectivity index is 1.65. The van der Waals surface area contributed by atoms with Crippen molar-refractivity contribution >= 4 is 23.2 Å². The van der Waals surface area contributed by atoms with Crippen LogP contribution in [-0.2, 0) is 30.1 Å². The number of thioether (sulfide) groups is 1. The number of allylic oxidation sites excluding steroid dienone is 4. The number of carbonyl (C=O) groups excluding carboxylic acids is 1. The molecule has 7 nitrogen and oxygen atoms in total. The number of hydrogen-bond donors (Lipinski definition) is 1. The highest BCUT2D eigenvalue weighted by atomic mass is 32.2. The smallest absolute Gasteiger partial charge is 0.295 e. The Labute approximate surface area is 210 Å². The van der Waals surface area contributed by atoms with Gasteiger partial charge in [-0.05, 0) is 48.6 Å². The standard InChI is InChI=1S/C27H31N5O2S/c1-4-7-10-21(5-2)22-14-12-20(13-15-22)17-29-25(33)18-32-27(30-26(34)24(6-3)31-32)35-19-23-11-8-9-16-28-23/h5,7-16H,4,6,17-19H2,1-3H3,(H,29,33)/b10-7-,21-5+. The van der Waals surface area contributed by atoms with Crippen molar-refractivity contribution in [2.24, 2.45) is 0 Å². The Morgan fingerprint density at radius 3 is 2.60 bits per heavy atom. The maximum Gasteiger partial charge on any atom is 0.295 e. The Hall–Kier alpha value is -3.52. The molecule has 182 valence electrons. The van der Waals surface area contributed by atoms with Crippen molar-refractivity contribution in [1.82, 2.24) is 25.1 Å². The normalized spacial score (nSPS) is 11.7. The first-order chi connectivity index (χ1) is 17.0. The molecule has 0 aliphatic rings. The van der Waals surface area contributed by atoms with Gasteiger partial charge in [-0.1, -0.05) is 74.2 Å². The zero-order valence-corrected chi connectivity index (χ0v) is 21.2. The molecule has 2 heterocycles. The van der Waals surface area contributed by atoms with Gasteiger partial charge in [0.1, 0.15) is 12.2 Å². The van der Waals surface area contributed by atoms with E-state index in [0.29, 0.717) is 29.6 Å². The van der Waals surface area contributed by atoms with Gasteiger partial charge in [0.15, 0.2) is 5.16 Å². The minimum Gasteiger partial charge on any atom is -0.350 e. The molecular weight excluding hydrogens is 458 g/mol. The lowest BCUT2D eigenvalue weighted by molar-refractivity contribution is -0.122. The molecule has 3 aromatic rings. The molecule has 0 aliphatic carbocycles. The summed E-state index contributed by atoms with van der Waals surface area (Å²) in [4.78, 5) is 33.5. The molecule has 0 spiro atoms. The maximum atomic E-state index is 12.7. The highest BCUT2D eigenvalue weighted by Gasteiger charge is 2.14. The number of nitrogens with one attached hydrogen (secondary N) is 1. The van der Waals surface area contributed by atoms with Crippen LogP contribution in [0.5, 0.6) is 0 Å². The average Bonchev–Trinajstić information content (AvgIpc) is 2.89. The van der Waals surface area contributed by atoms with Gasteiger partial charge in [0.2, 0.25) is 5.91 Å². The molecule has 0 atom stereocenters. The van der Waals surface area contributed by atoms with Crippen molar-refractivity contribution < 1.29 is 4.79 Å². The number of pyridine rings is 1. The van der Waals surface area contributed by atoms with Crippen LogP contribution in [0, 0.1) is 0 Å². The molecule has 0 radical (unpaired) electrons. The van der Waals surface area contributed by atoms with E-state index >= 15 is 0 Å². The highest BCUT2D eigenvalue weighted by Crippen LogP contribution is 2.19. The Bertz CT molecular complexity index is 1230. The molecular formula is C27H31N5O2S. The molecule has 0 saturated carbocycles. The third-order valence-electron chi connectivity index (χ3n) is 5.23. The summed E-state index contributed by atoms with van der Waals surface area (Å²) in [6.07, 6.45) is 9.50. The van der Waals surface area contributed by atoms with Gasteiger partial charge >= 0.3 is 0 Å². The molecule has 2 aromatic heterocycles. The first-order valence-corrected chi connectivity index (χ1v) is 12.7. The van der Waals surface area contributed by atoms with E-state index in [1.807, 2.05) is 44.2 Å². The van der Waals surface area contributed by atoms with Crippen molar-refractivity contribution in [2.75, 3.05) is 0 Å². The SMILES string of the molecule is C/C=C(\C=C/CC)c1ccc(CNC(=O)Cn2nc(CC)c(=O)nc2SCc2ccccn2)cc1. The Morgan fingerprint density at radius 2 is 1.94 bits per heavy atom. The summed E-state index contributed by atoms with van der Waals surface area (Å²) in [5, 5.41) is 7.73. The zero-order chi connectivity index (χ0) is 25.0. The van der Waals surface area contributed by atoms with Crippen LogP contribution in [0.3, 0.4) is 0 Å².